The number of benzene rings is 2. The van der Waals surface area contributed by atoms with E-state index >= 15 is 0 Å². The van der Waals surface area contributed by atoms with Crippen molar-refractivity contribution in [2.45, 2.75) is 18.9 Å². The van der Waals surface area contributed by atoms with Crippen LogP contribution in [-0.4, -0.2) is 45.1 Å². The normalized spacial score (nSPS) is 15.6. The van der Waals surface area contributed by atoms with Gasteiger partial charge in [0.15, 0.2) is 11.5 Å². The smallest absolute Gasteiger partial charge is 0.334 e. The van der Waals surface area contributed by atoms with Gasteiger partial charge in [0, 0.05) is 19.3 Å². The van der Waals surface area contributed by atoms with E-state index in [1.165, 1.54) is 25.3 Å². The minimum absolute atomic E-state index is 0.0380. The van der Waals surface area contributed by atoms with Crippen molar-refractivity contribution in [3.8, 4) is 22.9 Å². The van der Waals surface area contributed by atoms with Crippen molar-refractivity contribution in [1.82, 2.24) is 19.0 Å². The number of hydrogen-bond acceptors (Lipinski definition) is 5. The molecule has 0 bridgehead atoms. The molecule has 5 rings (SSSR count). The Morgan fingerprint density at radius 1 is 1.14 bits per heavy atom. The van der Waals surface area contributed by atoms with E-state index in [4.69, 9.17) is 9.47 Å². The number of rotatable bonds is 6. The van der Waals surface area contributed by atoms with Crippen molar-refractivity contribution in [3.63, 3.8) is 0 Å². The average Bonchev–Trinajstić information content (AvgIpc) is 3.21. The minimum Gasteiger partial charge on any atom is -0.494 e. The number of amides is 1. The second kappa shape index (κ2) is 9.69. The predicted octanol–water partition coefficient (Wildman–Crippen LogP) is 4.48. The highest BCUT2D eigenvalue weighted by Gasteiger charge is 2.27. The molecule has 1 aliphatic rings. The SMILES string of the molecule is C=CC(=O)N1CCCC(n2c(=O)n(-c3ccc(Oc4cccc(OC)c4F)cc3)c3cnccc32)C1. The van der Waals surface area contributed by atoms with Crippen LogP contribution < -0.4 is 15.2 Å². The van der Waals surface area contributed by atoms with E-state index in [0.717, 1.165) is 18.4 Å². The number of carbonyl (C=O) groups is 1. The highest BCUT2D eigenvalue weighted by molar-refractivity contribution is 5.87. The zero-order valence-electron chi connectivity index (χ0n) is 19.8. The summed E-state index contributed by atoms with van der Waals surface area (Å²) in [5.41, 5.74) is 1.79. The van der Waals surface area contributed by atoms with Gasteiger partial charge in [-0.1, -0.05) is 12.6 Å². The van der Waals surface area contributed by atoms with E-state index < -0.39 is 5.82 Å². The lowest BCUT2D eigenvalue weighted by Gasteiger charge is -2.32. The van der Waals surface area contributed by atoms with Crippen LogP contribution in [-0.2, 0) is 4.79 Å². The van der Waals surface area contributed by atoms with E-state index in [0.29, 0.717) is 30.0 Å². The van der Waals surface area contributed by atoms with E-state index in [2.05, 4.69) is 11.6 Å². The number of imidazole rings is 1. The van der Waals surface area contributed by atoms with E-state index in [-0.39, 0.29) is 29.1 Å². The molecule has 0 aliphatic carbocycles. The number of ether oxygens (including phenoxy) is 2. The molecule has 4 aromatic rings. The predicted molar refractivity (Wildman–Crippen MR) is 133 cm³/mol. The van der Waals surface area contributed by atoms with E-state index in [1.54, 1.807) is 56.8 Å². The Morgan fingerprint density at radius 2 is 1.92 bits per heavy atom. The highest BCUT2D eigenvalue weighted by Crippen LogP contribution is 2.31. The first-order chi connectivity index (χ1) is 17.5. The number of fused-ring (bicyclic) bond motifs is 1. The quantitative estimate of drug-likeness (QED) is 0.374. The second-order valence-corrected chi connectivity index (χ2v) is 8.51. The monoisotopic (exact) mass is 488 g/mol. The number of aromatic nitrogens is 3. The third-order valence-electron chi connectivity index (χ3n) is 6.39. The molecular formula is C27H25FN4O4. The van der Waals surface area contributed by atoms with Gasteiger partial charge in [0.2, 0.25) is 11.7 Å². The summed E-state index contributed by atoms with van der Waals surface area (Å²) in [6.45, 7) is 4.66. The van der Waals surface area contributed by atoms with Crippen molar-refractivity contribution in [3.05, 3.63) is 89.9 Å². The molecule has 1 saturated heterocycles. The number of pyridine rings is 1. The fourth-order valence-corrected chi connectivity index (χ4v) is 4.68. The van der Waals surface area contributed by atoms with Crippen LogP contribution in [0.2, 0.25) is 0 Å². The first-order valence-electron chi connectivity index (χ1n) is 11.6. The van der Waals surface area contributed by atoms with Gasteiger partial charge in [0.05, 0.1) is 36.1 Å². The second-order valence-electron chi connectivity index (χ2n) is 8.51. The zero-order valence-corrected chi connectivity index (χ0v) is 19.8. The van der Waals surface area contributed by atoms with Crippen LogP contribution in [0, 0.1) is 5.82 Å². The highest BCUT2D eigenvalue weighted by atomic mass is 19.1. The van der Waals surface area contributed by atoms with Gasteiger partial charge >= 0.3 is 5.69 Å². The maximum atomic E-state index is 14.5. The molecule has 1 unspecified atom stereocenters. The number of methoxy groups -OCH3 is 1. The van der Waals surface area contributed by atoms with Crippen molar-refractivity contribution in [2.24, 2.45) is 0 Å². The van der Waals surface area contributed by atoms with Gasteiger partial charge in [-0.25, -0.2) is 4.79 Å². The Morgan fingerprint density at radius 3 is 2.67 bits per heavy atom. The first-order valence-corrected chi connectivity index (χ1v) is 11.6. The lowest BCUT2D eigenvalue weighted by Crippen LogP contribution is -2.42. The van der Waals surface area contributed by atoms with Crippen LogP contribution in [0.25, 0.3) is 16.7 Å². The number of halogens is 1. The van der Waals surface area contributed by atoms with Gasteiger partial charge in [-0.2, -0.15) is 4.39 Å². The Bertz CT molecular complexity index is 1490. The number of likely N-dealkylation sites (tertiary alicyclic amines) is 1. The molecule has 3 heterocycles. The minimum atomic E-state index is -0.592. The van der Waals surface area contributed by atoms with Crippen LogP contribution in [0.5, 0.6) is 17.2 Å². The maximum absolute atomic E-state index is 14.5. The van der Waals surface area contributed by atoms with Crippen LogP contribution in [0.1, 0.15) is 18.9 Å². The van der Waals surface area contributed by atoms with Crippen LogP contribution in [0.4, 0.5) is 4.39 Å². The van der Waals surface area contributed by atoms with Crippen molar-refractivity contribution >= 4 is 16.9 Å². The fourth-order valence-electron chi connectivity index (χ4n) is 4.68. The first kappa shape index (κ1) is 23.3. The molecule has 1 aliphatic heterocycles. The summed E-state index contributed by atoms with van der Waals surface area (Å²) < 4.78 is 28.5. The Balaban J connectivity index is 1.50. The van der Waals surface area contributed by atoms with Gasteiger partial charge in [-0.3, -0.25) is 18.9 Å². The van der Waals surface area contributed by atoms with Crippen molar-refractivity contribution < 1.29 is 18.7 Å². The van der Waals surface area contributed by atoms with Gasteiger partial charge in [-0.15, -0.1) is 0 Å². The molecule has 2 aromatic heterocycles. The molecule has 36 heavy (non-hydrogen) atoms. The Kier molecular flexibility index (Phi) is 6.28. The van der Waals surface area contributed by atoms with E-state index in [9.17, 15) is 14.0 Å². The summed E-state index contributed by atoms with van der Waals surface area (Å²) in [7, 11) is 1.39. The standard InChI is InChI=1S/C27H25FN4O4/c1-3-25(33)30-15-5-6-19(17-30)32-21-13-14-29-16-22(21)31(27(32)34)18-9-11-20(12-10-18)36-24-8-4-7-23(35-2)26(24)28/h3-4,7-14,16,19H,1,5-6,15,17H2,2H3. The maximum Gasteiger partial charge on any atom is 0.334 e. The number of hydrogen-bond donors (Lipinski definition) is 0. The zero-order chi connectivity index (χ0) is 25.2. The lowest BCUT2D eigenvalue weighted by molar-refractivity contribution is -0.127. The fraction of sp³-hybridized carbons (Fsp3) is 0.222. The van der Waals surface area contributed by atoms with Crippen molar-refractivity contribution in [2.75, 3.05) is 20.2 Å². The number of carbonyl (C=O) groups excluding carboxylic acids is 1. The molecule has 9 heteroatoms. The third-order valence-corrected chi connectivity index (χ3v) is 6.39. The van der Waals surface area contributed by atoms with Gasteiger partial charge < -0.3 is 14.4 Å². The molecule has 2 aromatic carbocycles. The van der Waals surface area contributed by atoms with E-state index in [1.807, 2.05) is 6.07 Å². The molecule has 0 spiro atoms. The molecule has 0 N–H and O–H groups in total. The summed E-state index contributed by atoms with van der Waals surface area (Å²) in [5.74, 6) is -0.193. The topological polar surface area (TPSA) is 78.6 Å². The summed E-state index contributed by atoms with van der Waals surface area (Å²) in [4.78, 5) is 31.9. The third kappa shape index (κ3) is 4.13. The molecule has 0 saturated carbocycles. The summed E-state index contributed by atoms with van der Waals surface area (Å²) in [6.07, 6.45) is 6.18. The van der Waals surface area contributed by atoms with Crippen LogP contribution in [0.15, 0.2) is 78.4 Å². The van der Waals surface area contributed by atoms with Crippen LogP contribution >= 0.6 is 0 Å². The van der Waals surface area contributed by atoms with Crippen LogP contribution in [0.3, 0.4) is 0 Å². The van der Waals surface area contributed by atoms with Gasteiger partial charge in [-0.05, 0) is 61.4 Å². The molecule has 1 fully saturated rings. The summed E-state index contributed by atoms with van der Waals surface area (Å²) in [6, 6.07) is 13.1. The number of piperidine rings is 1. The Hall–Kier alpha value is -4.40. The molecule has 1 amide bonds. The summed E-state index contributed by atoms with van der Waals surface area (Å²) in [5, 5.41) is 0. The van der Waals surface area contributed by atoms with Gasteiger partial charge in [0.25, 0.3) is 0 Å². The number of nitrogens with zero attached hydrogens (tertiary/aromatic N) is 4. The van der Waals surface area contributed by atoms with Gasteiger partial charge in [0.1, 0.15) is 5.75 Å². The van der Waals surface area contributed by atoms with Crippen molar-refractivity contribution in [1.29, 1.82) is 0 Å². The average molecular weight is 489 g/mol. The molecular weight excluding hydrogens is 463 g/mol. The Labute approximate surface area is 206 Å². The largest absolute Gasteiger partial charge is 0.494 e. The molecule has 8 nitrogen and oxygen atoms in total. The lowest BCUT2D eigenvalue weighted by atomic mass is 10.1. The molecule has 0 radical (unpaired) electrons. The summed E-state index contributed by atoms with van der Waals surface area (Å²) >= 11 is 0. The molecule has 1 atom stereocenters. The molecule has 184 valence electrons.